The second-order valence-electron chi connectivity index (χ2n) is 4.58. The predicted octanol–water partition coefficient (Wildman–Crippen LogP) is 2.84. The molecule has 0 bridgehead atoms. The van der Waals surface area contributed by atoms with E-state index in [9.17, 15) is 9.59 Å². The number of carboxylic acids is 1. The molecule has 0 aliphatic heterocycles. The van der Waals surface area contributed by atoms with Crippen LogP contribution in [0.4, 0.5) is 0 Å². The molecule has 1 aromatic rings. The Hall–Kier alpha value is -1.62. The Morgan fingerprint density at radius 2 is 2.20 bits per heavy atom. The van der Waals surface area contributed by atoms with Crippen LogP contribution in [0.5, 0.6) is 0 Å². The summed E-state index contributed by atoms with van der Waals surface area (Å²) in [6.07, 6.45) is 2.70. The normalized spacial score (nSPS) is 11.7. The van der Waals surface area contributed by atoms with Crippen molar-refractivity contribution in [2.45, 2.75) is 32.2 Å². The van der Waals surface area contributed by atoms with Crippen LogP contribution >= 0.6 is 15.9 Å². The average Bonchev–Trinajstić information content (AvgIpc) is 2.38. The van der Waals surface area contributed by atoms with E-state index in [0.717, 1.165) is 15.6 Å². The van der Waals surface area contributed by atoms with Crippen molar-refractivity contribution in [2.24, 2.45) is 0 Å². The van der Waals surface area contributed by atoms with Crippen LogP contribution in [-0.4, -0.2) is 23.0 Å². The van der Waals surface area contributed by atoms with Crippen molar-refractivity contribution in [2.75, 3.05) is 0 Å². The van der Waals surface area contributed by atoms with E-state index < -0.39 is 12.0 Å². The van der Waals surface area contributed by atoms with E-state index in [2.05, 4.69) is 27.8 Å². The van der Waals surface area contributed by atoms with Gasteiger partial charge in [-0.25, -0.2) is 4.79 Å². The zero-order valence-electron chi connectivity index (χ0n) is 11.4. The fourth-order valence-electron chi connectivity index (χ4n) is 1.72. The van der Waals surface area contributed by atoms with E-state index in [1.165, 1.54) is 0 Å². The van der Waals surface area contributed by atoms with Gasteiger partial charge in [-0.15, -0.1) is 6.58 Å². The minimum Gasteiger partial charge on any atom is -0.480 e. The SMILES string of the molecule is C=CCCC(NC(=O)Cc1ccc(C)c(Br)c1)C(=O)O. The van der Waals surface area contributed by atoms with E-state index in [0.29, 0.717) is 12.8 Å². The summed E-state index contributed by atoms with van der Waals surface area (Å²) in [6, 6.07) is 4.78. The van der Waals surface area contributed by atoms with Crippen LogP contribution in [0.3, 0.4) is 0 Å². The molecule has 0 spiro atoms. The molecule has 1 unspecified atom stereocenters. The zero-order valence-corrected chi connectivity index (χ0v) is 12.9. The van der Waals surface area contributed by atoms with Crippen LogP contribution in [0.1, 0.15) is 24.0 Å². The summed E-state index contributed by atoms with van der Waals surface area (Å²) in [5.41, 5.74) is 1.93. The Morgan fingerprint density at radius 1 is 1.50 bits per heavy atom. The third-order valence-corrected chi connectivity index (χ3v) is 3.75. The van der Waals surface area contributed by atoms with Gasteiger partial charge in [-0.1, -0.05) is 34.1 Å². The first kappa shape index (κ1) is 16.4. The third-order valence-electron chi connectivity index (χ3n) is 2.89. The summed E-state index contributed by atoms with van der Waals surface area (Å²) in [7, 11) is 0. The van der Waals surface area contributed by atoms with E-state index in [-0.39, 0.29) is 12.3 Å². The Labute approximate surface area is 127 Å². The number of carbonyl (C=O) groups is 2. The minimum atomic E-state index is -1.02. The second kappa shape index (κ2) is 7.85. The lowest BCUT2D eigenvalue weighted by atomic mass is 10.1. The van der Waals surface area contributed by atoms with Crippen molar-refractivity contribution in [1.29, 1.82) is 0 Å². The van der Waals surface area contributed by atoms with Crippen molar-refractivity contribution in [3.63, 3.8) is 0 Å². The molecule has 1 rings (SSSR count). The quantitative estimate of drug-likeness (QED) is 0.750. The first-order valence-corrected chi connectivity index (χ1v) is 7.11. The average molecular weight is 340 g/mol. The lowest BCUT2D eigenvalue weighted by Gasteiger charge is -2.13. The maximum absolute atomic E-state index is 11.9. The molecule has 0 saturated heterocycles. The maximum Gasteiger partial charge on any atom is 0.326 e. The summed E-state index contributed by atoms with van der Waals surface area (Å²) in [5.74, 6) is -1.32. The smallest absolute Gasteiger partial charge is 0.326 e. The van der Waals surface area contributed by atoms with Crippen LogP contribution in [0.2, 0.25) is 0 Å². The number of aliphatic carboxylic acids is 1. The van der Waals surface area contributed by atoms with Gasteiger partial charge in [0.2, 0.25) is 5.91 Å². The van der Waals surface area contributed by atoms with Gasteiger partial charge >= 0.3 is 5.97 Å². The molecule has 4 nitrogen and oxygen atoms in total. The van der Waals surface area contributed by atoms with Gasteiger partial charge in [-0.2, -0.15) is 0 Å². The number of nitrogens with one attached hydrogen (secondary N) is 1. The van der Waals surface area contributed by atoms with Crippen molar-refractivity contribution in [3.8, 4) is 0 Å². The largest absolute Gasteiger partial charge is 0.480 e. The molecule has 1 aromatic carbocycles. The number of hydrogen-bond acceptors (Lipinski definition) is 2. The highest BCUT2D eigenvalue weighted by Crippen LogP contribution is 2.17. The number of carbonyl (C=O) groups excluding carboxylic acids is 1. The molecule has 0 radical (unpaired) electrons. The Balaban J connectivity index is 2.62. The molecule has 20 heavy (non-hydrogen) atoms. The summed E-state index contributed by atoms with van der Waals surface area (Å²) < 4.78 is 0.934. The number of amides is 1. The number of benzene rings is 1. The van der Waals surface area contributed by atoms with E-state index >= 15 is 0 Å². The fourth-order valence-corrected chi connectivity index (χ4v) is 2.15. The predicted molar refractivity (Wildman–Crippen MR) is 81.6 cm³/mol. The molecule has 108 valence electrons. The molecule has 0 aromatic heterocycles. The number of rotatable bonds is 7. The highest BCUT2D eigenvalue weighted by molar-refractivity contribution is 9.10. The van der Waals surface area contributed by atoms with Gasteiger partial charge in [-0.3, -0.25) is 4.79 Å². The number of allylic oxidation sites excluding steroid dienone is 1. The topological polar surface area (TPSA) is 66.4 Å². The third kappa shape index (κ3) is 5.17. The minimum absolute atomic E-state index is 0.163. The van der Waals surface area contributed by atoms with Crippen LogP contribution < -0.4 is 5.32 Å². The molecular formula is C15H18BrNO3. The highest BCUT2D eigenvalue weighted by Gasteiger charge is 2.19. The lowest BCUT2D eigenvalue weighted by molar-refractivity contribution is -0.141. The van der Waals surface area contributed by atoms with Crippen LogP contribution in [0.25, 0.3) is 0 Å². The van der Waals surface area contributed by atoms with E-state index in [1.54, 1.807) is 6.08 Å². The molecule has 0 saturated carbocycles. The molecule has 1 atom stereocenters. The maximum atomic E-state index is 11.9. The highest BCUT2D eigenvalue weighted by atomic mass is 79.9. The van der Waals surface area contributed by atoms with Gasteiger partial charge in [0.05, 0.1) is 6.42 Å². The van der Waals surface area contributed by atoms with Crippen molar-refractivity contribution in [1.82, 2.24) is 5.32 Å². The Morgan fingerprint density at radius 3 is 2.75 bits per heavy atom. The first-order chi connectivity index (χ1) is 9.43. The van der Waals surface area contributed by atoms with E-state index in [4.69, 9.17) is 5.11 Å². The molecule has 5 heteroatoms. The van der Waals surface area contributed by atoms with Gasteiger partial charge in [0.25, 0.3) is 0 Å². The Bertz CT molecular complexity index is 514. The summed E-state index contributed by atoms with van der Waals surface area (Å²) >= 11 is 3.41. The lowest BCUT2D eigenvalue weighted by Crippen LogP contribution is -2.41. The van der Waals surface area contributed by atoms with Gasteiger partial charge in [-0.05, 0) is 37.0 Å². The standard InChI is InChI=1S/C15H18BrNO3/c1-3-4-5-13(15(19)20)17-14(18)9-11-7-6-10(2)12(16)8-11/h3,6-8,13H,1,4-5,9H2,2H3,(H,17,18)(H,19,20). The number of aryl methyl sites for hydroxylation is 1. The van der Waals surface area contributed by atoms with Crippen LogP contribution in [-0.2, 0) is 16.0 Å². The van der Waals surface area contributed by atoms with Crippen molar-refractivity contribution < 1.29 is 14.7 Å². The van der Waals surface area contributed by atoms with Crippen molar-refractivity contribution >= 4 is 27.8 Å². The molecule has 1 amide bonds. The van der Waals surface area contributed by atoms with Gasteiger partial charge in [0.15, 0.2) is 0 Å². The number of halogens is 1. The van der Waals surface area contributed by atoms with E-state index in [1.807, 2.05) is 25.1 Å². The molecule has 0 fully saturated rings. The van der Waals surface area contributed by atoms with Gasteiger partial charge in [0, 0.05) is 4.47 Å². The second-order valence-corrected chi connectivity index (χ2v) is 5.44. The summed E-state index contributed by atoms with van der Waals surface area (Å²) in [4.78, 5) is 22.9. The van der Waals surface area contributed by atoms with Crippen molar-refractivity contribution in [3.05, 3.63) is 46.5 Å². The summed E-state index contributed by atoms with van der Waals surface area (Å²) in [6.45, 7) is 5.51. The fraction of sp³-hybridized carbons (Fsp3) is 0.333. The molecule has 0 heterocycles. The van der Waals surface area contributed by atoms with Crippen LogP contribution in [0.15, 0.2) is 35.3 Å². The first-order valence-electron chi connectivity index (χ1n) is 6.32. The number of carboxylic acid groups (broad SMARTS) is 1. The summed E-state index contributed by atoms with van der Waals surface area (Å²) in [5, 5.41) is 11.6. The Kier molecular flexibility index (Phi) is 6.45. The molecule has 0 aliphatic rings. The zero-order chi connectivity index (χ0) is 15.1. The van der Waals surface area contributed by atoms with Crippen LogP contribution in [0, 0.1) is 6.92 Å². The van der Waals surface area contributed by atoms with Gasteiger partial charge in [0.1, 0.15) is 6.04 Å². The molecular weight excluding hydrogens is 322 g/mol. The monoisotopic (exact) mass is 339 g/mol. The number of hydrogen-bond donors (Lipinski definition) is 2. The molecule has 2 N–H and O–H groups in total. The van der Waals surface area contributed by atoms with Gasteiger partial charge < -0.3 is 10.4 Å². The molecule has 0 aliphatic carbocycles.